The van der Waals surface area contributed by atoms with Crippen LogP contribution in [0.2, 0.25) is 0 Å². The number of aromatic nitrogens is 1. The van der Waals surface area contributed by atoms with Gasteiger partial charge in [0.25, 0.3) is 5.24 Å². The summed E-state index contributed by atoms with van der Waals surface area (Å²) < 4.78 is 2.07. The van der Waals surface area contributed by atoms with Crippen LogP contribution in [0.5, 0.6) is 0 Å². The van der Waals surface area contributed by atoms with Crippen molar-refractivity contribution in [2.24, 2.45) is 0 Å². The predicted molar refractivity (Wildman–Crippen MR) is 60.2 cm³/mol. The van der Waals surface area contributed by atoms with E-state index >= 15 is 0 Å². The Balaban J connectivity index is 2.14. The first-order chi connectivity index (χ1) is 7.25. The molecular weight excluding hydrogens is 210 g/mol. The van der Waals surface area contributed by atoms with Crippen LogP contribution in [0.4, 0.5) is 0 Å². The molecule has 0 aliphatic rings. The van der Waals surface area contributed by atoms with Gasteiger partial charge in [0.15, 0.2) is 0 Å². The second-order valence-corrected chi connectivity index (χ2v) is 3.67. The van der Waals surface area contributed by atoms with Crippen LogP contribution in [0, 0.1) is 0 Å². The zero-order valence-electron chi connectivity index (χ0n) is 8.06. The zero-order valence-corrected chi connectivity index (χ0v) is 8.82. The van der Waals surface area contributed by atoms with Gasteiger partial charge >= 0.3 is 0 Å². The lowest BCUT2D eigenvalue weighted by atomic mass is 10.1. The van der Waals surface area contributed by atoms with E-state index in [1.165, 1.54) is 0 Å². The van der Waals surface area contributed by atoms with Crippen LogP contribution in [0.3, 0.4) is 0 Å². The van der Waals surface area contributed by atoms with Gasteiger partial charge in [-0.3, -0.25) is 4.79 Å². The van der Waals surface area contributed by atoms with Crippen LogP contribution < -0.4 is 0 Å². The second-order valence-electron chi connectivity index (χ2n) is 3.33. The van der Waals surface area contributed by atoms with Gasteiger partial charge in [-0.1, -0.05) is 12.1 Å². The highest BCUT2D eigenvalue weighted by Crippen LogP contribution is 2.08. The summed E-state index contributed by atoms with van der Waals surface area (Å²) in [5.74, 6) is 0. The summed E-state index contributed by atoms with van der Waals surface area (Å²) in [4.78, 5) is 10.8. The Bertz CT molecular complexity index is 445. The van der Waals surface area contributed by atoms with Gasteiger partial charge < -0.3 is 4.57 Å². The Morgan fingerprint density at radius 2 is 1.73 bits per heavy atom. The summed E-state index contributed by atoms with van der Waals surface area (Å²) in [7, 11) is 0. The molecule has 0 amide bonds. The molecule has 0 aliphatic carbocycles. The van der Waals surface area contributed by atoms with E-state index in [4.69, 9.17) is 11.6 Å². The van der Waals surface area contributed by atoms with Gasteiger partial charge in [-0.15, -0.1) is 0 Å². The van der Waals surface area contributed by atoms with Crippen molar-refractivity contribution in [3.63, 3.8) is 0 Å². The maximum atomic E-state index is 10.8. The molecule has 0 aliphatic heterocycles. The number of benzene rings is 1. The Kier molecular flexibility index (Phi) is 2.88. The third-order valence-corrected chi connectivity index (χ3v) is 2.43. The highest BCUT2D eigenvalue weighted by molar-refractivity contribution is 6.67. The highest BCUT2D eigenvalue weighted by Gasteiger charge is 2.00. The SMILES string of the molecule is O=C(Cl)c1ccc(Cn2cccc2)cc1. The number of hydrogen-bond donors (Lipinski definition) is 0. The van der Waals surface area contributed by atoms with Gasteiger partial charge in [-0.25, -0.2) is 0 Å². The van der Waals surface area contributed by atoms with Crippen molar-refractivity contribution in [1.29, 1.82) is 0 Å². The number of rotatable bonds is 3. The van der Waals surface area contributed by atoms with Crippen LogP contribution in [0.25, 0.3) is 0 Å². The van der Waals surface area contributed by atoms with Gasteiger partial charge in [0.05, 0.1) is 0 Å². The molecule has 0 fully saturated rings. The third kappa shape index (κ3) is 2.48. The summed E-state index contributed by atoms with van der Waals surface area (Å²) in [5, 5.41) is -0.414. The Labute approximate surface area is 93.1 Å². The van der Waals surface area contributed by atoms with Crippen LogP contribution in [-0.4, -0.2) is 9.81 Å². The molecular formula is C12H10ClNO. The second kappa shape index (κ2) is 4.32. The molecule has 0 radical (unpaired) electrons. The van der Waals surface area contributed by atoms with E-state index in [0.717, 1.165) is 12.1 Å². The molecule has 1 aromatic heterocycles. The minimum absolute atomic E-state index is 0.414. The third-order valence-electron chi connectivity index (χ3n) is 2.21. The van der Waals surface area contributed by atoms with Crippen molar-refractivity contribution in [1.82, 2.24) is 4.57 Å². The molecule has 0 saturated carbocycles. The van der Waals surface area contributed by atoms with Crippen LogP contribution >= 0.6 is 11.6 Å². The van der Waals surface area contributed by atoms with E-state index in [1.807, 2.05) is 36.7 Å². The summed E-state index contributed by atoms with van der Waals surface area (Å²) >= 11 is 5.35. The lowest BCUT2D eigenvalue weighted by Gasteiger charge is -2.03. The molecule has 0 saturated heterocycles. The molecule has 15 heavy (non-hydrogen) atoms. The van der Waals surface area contributed by atoms with Crippen LogP contribution in [-0.2, 0) is 6.54 Å². The van der Waals surface area contributed by atoms with Crippen molar-refractivity contribution >= 4 is 16.8 Å². The van der Waals surface area contributed by atoms with E-state index in [1.54, 1.807) is 12.1 Å². The lowest BCUT2D eigenvalue weighted by molar-refractivity contribution is 0.108. The van der Waals surface area contributed by atoms with E-state index in [-0.39, 0.29) is 0 Å². The van der Waals surface area contributed by atoms with E-state index < -0.39 is 5.24 Å². The van der Waals surface area contributed by atoms with Crippen LogP contribution in [0.15, 0.2) is 48.8 Å². The Morgan fingerprint density at radius 1 is 1.13 bits per heavy atom. The van der Waals surface area contributed by atoms with Gasteiger partial charge in [-0.05, 0) is 41.4 Å². The average molecular weight is 220 g/mol. The standard InChI is InChI=1S/C12H10ClNO/c13-12(15)11-5-3-10(4-6-11)9-14-7-1-2-8-14/h1-8H,9H2. The summed E-state index contributed by atoms with van der Waals surface area (Å²) in [5.41, 5.74) is 1.68. The molecule has 0 unspecified atom stereocenters. The number of nitrogens with zero attached hydrogens (tertiary/aromatic N) is 1. The monoisotopic (exact) mass is 219 g/mol. The van der Waals surface area contributed by atoms with Crippen molar-refractivity contribution in [3.8, 4) is 0 Å². The van der Waals surface area contributed by atoms with Gasteiger partial charge in [0, 0.05) is 24.5 Å². The van der Waals surface area contributed by atoms with E-state index in [2.05, 4.69) is 4.57 Å². The molecule has 0 bridgehead atoms. The van der Waals surface area contributed by atoms with Gasteiger partial charge in [0.1, 0.15) is 0 Å². The maximum absolute atomic E-state index is 10.8. The quantitative estimate of drug-likeness (QED) is 0.728. The first-order valence-electron chi connectivity index (χ1n) is 4.65. The maximum Gasteiger partial charge on any atom is 0.252 e. The summed E-state index contributed by atoms with van der Waals surface area (Å²) in [6, 6.07) is 11.3. The summed E-state index contributed by atoms with van der Waals surface area (Å²) in [6.07, 6.45) is 4.00. The van der Waals surface area contributed by atoms with Gasteiger partial charge in [-0.2, -0.15) is 0 Å². The summed E-state index contributed by atoms with van der Waals surface area (Å²) in [6.45, 7) is 0.809. The van der Waals surface area contributed by atoms with Crippen molar-refractivity contribution < 1.29 is 4.79 Å². The van der Waals surface area contributed by atoms with E-state index in [0.29, 0.717) is 5.56 Å². The van der Waals surface area contributed by atoms with Crippen LogP contribution in [0.1, 0.15) is 15.9 Å². The average Bonchev–Trinajstić information content (AvgIpc) is 2.71. The minimum Gasteiger partial charge on any atom is -0.350 e. The Morgan fingerprint density at radius 3 is 2.27 bits per heavy atom. The fraction of sp³-hybridized carbons (Fsp3) is 0.0833. The number of hydrogen-bond acceptors (Lipinski definition) is 1. The Hall–Kier alpha value is -1.54. The van der Waals surface area contributed by atoms with Crippen molar-refractivity contribution in [2.75, 3.05) is 0 Å². The molecule has 0 atom stereocenters. The smallest absolute Gasteiger partial charge is 0.252 e. The largest absolute Gasteiger partial charge is 0.350 e. The zero-order chi connectivity index (χ0) is 10.7. The molecule has 2 rings (SSSR count). The molecule has 0 spiro atoms. The lowest BCUT2D eigenvalue weighted by Crippen LogP contribution is -1.96. The number of halogens is 1. The molecule has 2 aromatic rings. The predicted octanol–water partition coefficient (Wildman–Crippen LogP) is 2.92. The first-order valence-corrected chi connectivity index (χ1v) is 5.03. The molecule has 1 heterocycles. The molecule has 2 nitrogen and oxygen atoms in total. The highest BCUT2D eigenvalue weighted by atomic mass is 35.5. The fourth-order valence-electron chi connectivity index (χ4n) is 1.43. The molecule has 0 N–H and O–H groups in total. The van der Waals surface area contributed by atoms with Gasteiger partial charge in [0.2, 0.25) is 0 Å². The fourth-order valence-corrected chi connectivity index (χ4v) is 1.55. The van der Waals surface area contributed by atoms with Crippen molar-refractivity contribution in [3.05, 3.63) is 59.9 Å². The molecule has 1 aromatic carbocycles. The van der Waals surface area contributed by atoms with E-state index in [9.17, 15) is 4.79 Å². The number of carbonyl (C=O) groups excluding carboxylic acids is 1. The topological polar surface area (TPSA) is 22.0 Å². The molecule has 3 heteroatoms. The number of carbonyl (C=O) groups is 1. The van der Waals surface area contributed by atoms with Crippen molar-refractivity contribution in [2.45, 2.75) is 6.54 Å². The minimum atomic E-state index is -0.414. The molecule has 76 valence electrons. The normalized spacial score (nSPS) is 10.2. The first kappa shape index (κ1) is 9.99.